The fourth-order valence-corrected chi connectivity index (χ4v) is 0.786. The van der Waals surface area contributed by atoms with Gasteiger partial charge in [0.2, 0.25) is 0 Å². The van der Waals surface area contributed by atoms with Crippen LogP contribution in [0.5, 0.6) is 0 Å². The Bertz CT molecular complexity index is 143. The summed E-state index contributed by atoms with van der Waals surface area (Å²) >= 11 is 0. The highest BCUT2D eigenvalue weighted by molar-refractivity contribution is 5.75. The lowest BCUT2D eigenvalue weighted by molar-refractivity contribution is 1.45. The summed E-state index contributed by atoms with van der Waals surface area (Å²) in [5.41, 5.74) is 0. The van der Waals surface area contributed by atoms with Crippen molar-refractivity contribution in [3.8, 4) is 0 Å². The molecule has 0 fully saturated rings. The van der Waals surface area contributed by atoms with Crippen molar-refractivity contribution in [2.75, 3.05) is 0 Å². The van der Waals surface area contributed by atoms with Crippen molar-refractivity contribution in [2.45, 2.75) is 12.8 Å². The molecule has 0 atom stereocenters. The maximum atomic E-state index is 2.12. The van der Waals surface area contributed by atoms with Crippen molar-refractivity contribution in [3.05, 3.63) is 48.6 Å². The van der Waals surface area contributed by atoms with Gasteiger partial charge in [-0.2, -0.15) is 0 Å². The molecular weight excluding hydrogens is 144 g/mol. The van der Waals surface area contributed by atoms with E-state index >= 15 is 0 Å². The topological polar surface area (TPSA) is 0 Å². The molecule has 0 N–H and O–H groups in total. The Labute approximate surface area is 84.5 Å². The standard InChI is InChI=1S/2C5H6.Mg/c2*1-2-4-5-3-1;/h2*1-4H,5H2;. The van der Waals surface area contributed by atoms with Crippen molar-refractivity contribution in [1.29, 1.82) is 0 Å². The molecule has 0 unspecified atom stereocenters. The van der Waals surface area contributed by atoms with E-state index in [1.807, 2.05) is 0 Å². The summed E-state index contributed by atoms with van der Waals surface area (Å²) in [7, 11) is 0. The lowest BCUT2D eigenvalue weighted by Gasteiger charge is -1.57. The van der Waals surface area contributed by atoms with Crippen LogP contribution in [-0.4, -0.2) is 23.1 Å². The molecule has 0 bridgehead atoms. The predicted octanol–water partition coefficient (Wildman–Crippen LogP) is 2.62. The van der Waals surface area contributed by atoms with Gasteiger partial charge in [-0.25, -0.2) is 0 Å². The van der Waals surface area contributed by atoms with Crippen molar-refractivity contribution in [1.82, 2.24) is 0 Å². The monoisotopic (exact) mass is 156 g/mol. The first-order valence-electron chi connectivity index (χ1n) is 3.63. The molecule has 0 aromatic carbocycles. The van der Waals surface area contributed by atoms with Crippen LogP contribution in [-0.2, 0) is 0 Å². The lowest BCUT2D eigenvalue weighted by Crippen LogP contribution is -1.37. The van der Waals surface area contributed by atoms with E-state index in [0.29, 0.717) is 0 Å². The average molecular weight is 157 g/mol. The van der Waals surface area contributed by atoms with E-state index in [9.17, 15) is 0 Å². The molecule has 2 rings (SSSR count). The van der Waals surface area contributed by atoms with Crippen molar-refractivity contribution in [3.63, 3.8) is 0 Å². The van der Waals surface area contributed by atoms with Crippen LogP contribution in [0.2, 0.25) is 0 Å². The largest absolute Gasteiger partial charge is 0.0808 e. The Morgan fingerprint density at radius 1 is 0.545 bits per heavy atom. The van der Waals surface area contributed by atoms with Crippen LogP contribution in [0.1, 0.15) is 12.8 Å². The van der Waals surface area contributed by atoms with E-state index in [2.05, 4.69) is 48.6 Å². The summed E-state index contributed by atoms with van der Waals surface area (Å²) in [5.74, 6) is 0. The van der Waals surface area contributed by atoms with Crippen molar-refractivity contribution >= 4 is 23.1 Å². The van der Waals surface area contributed by atoms with Crippen LogP contribution >= 0.6 is 0 Å². The minimum absolute atomic E-state index is 0. The summed E-state index contributed by atoms with van der Waals surface area (Å²) < 4.78 is 0. The molecule has 2 aliphatic carbocycles. The molecule has 0 saturated heterocycles. The zero-order valence-electron chi connectivity index (χ0n) is 6.74. The number of rotatable bonds is 0. The third-order valence-corrected chi connectivity index (χ3v) is 1.31. The fraction of sp³-hybridized carbons (Fsp3) is 0.200. The van der Waals surface area contributed by atoms with E-state index in [0.717, 1.165) is 12.8 Å². The van der Waals surface area contributed by atoms with E-state index in [-0.39, 0.29) is 23.1 Å². The molecule has 2 aliphatic rings. The quantitative estimate of drug-likeness (QED) is 0.473. The van der Waals surface area contributed by atoms with Crippen molar-refractivity contribution in [2.24, 2.45) is 0 Å². The predicted molar refractivity (Wildman–Crippen MR) is 51.5 cm³/mol. The van der Waals surface area contributed by atoms with Gasteiger partial charge in [-0.1, -0.05) is 48.6 Å². The Kier molecular flexibility index (Phi) is 7.63. The van der Waals surface area contributed by atoms with Gasteiger partial charge >= 0.3 is 0 Å². The third-order valence-electron chi connectivity index (χ3n) is 1.31. The van der Waals surface area contributed by atoms with Gasteiger partial charge < -0.3 is 0 Å². The zero-order chi connectivity index (χ0) is 7.07. The molecule has 0 amide bonds. The molecule has 0 heterocycles. The van der Waals surface area contributed by atoms with Crippen molar-refractivity contribution < 1.29 is 0 Å². The molecular formula is C10H12Mg. The summed E-state index contributed by atoms with van der Waals surface area (Å²) in [6, 6.07) is 0. The van der Waals surface area contributed by atoms with Gasteiger partial charge in [-0.05, 0) is 12.8 Å². The first-order valence-corrected chi connectivity index (χ1v) is 3.63. The second kappa shape index (κ2) is 7.83. The van der Waals surface area contributed by atoms with Crippen LogP contribution in [0.4, 0.5) is 0 Å². The van der Waals surface area contributed by atoms with Crippen LogP contribution < -0.4 is 0 Å². The van der Waals surface area contributed by atoms with E-state index in [1.54, 1.807) is 0 Å². The maximum absolute atomic E-state index is 2.12. The van der Waals surface area contributed by atoms with Gasteiger partial charge in [-0.3, -0.25) is 0 Å². The maximum Gasteiger partial charge on any atom is 0 e. The highest BCUT2D eigenvalue weighted by atomic mass is 24.3. The van der Waals surface area contributed by atoms with E-state index < -0.39 is 0 Å². The van der Waals surface area contributed by atoms with Crippen LogP contribution in [0, 0.1) is 0 Å². The summed E-state index contributed by atoms with van der Waals surface area (Å²) in [6.07, 6.45) is 19.0. The molecule has 54 valence electrons. The first kappa shape index (κ1) is 10.7. The fourth-order valence-electron chi connectivity index (χ4n) is 0.786. The second-order valence-electron chi connectivity index (χ2n) is 2.18. The van der Waals surface area contributed by atoms with Gasteiger partial charge in [0.05, 0.1) is 0 Å². The van der Waals surface area contributed by atoms with E-state index in [4.69, 9.17) is 0 Å². The smallest absolute Gasteiger partial charge is 0 e. The molecule has 2 radical (unpaired) electrons. The van der Waals surface area contributed by atoms with Gasteiger partial charge in [0.15, 0.2) is 0 Å². The molecule has 0 saturated carbocycles. The third kappa shape index (κ3) is 6.14. The zero-order valence-corrected chi connectivity index (χ0v) is 8.15. The number of hydrogen-bond donors (Lipinski definition) is 0. The van der Waals surface area contributed by atoms with Gasteiger partial charge in [-0.15, -0.1) is 0 Å². The highest BCUT2D eigenvalue weighted by Gasteiger charge is 1.72. The van der Waals surface area contributed by atoms with Gasteiger partial charge in [0.25, 0.3) is 0 Å². The Morgan fingerprint density at radius 3 is 0.909 bits per heavy atom. The summed E-state index contributed by atoms with van der Waals surface area (Å²) in [4.78, 5) is 0. The molecule has 0 aromatic heterocycles. The molecule has 0 aromatic rings. The second-order valence-corrected chi connectivity index (χ2v) is 2.18. The Hall–Kier alpha value is -0.274. The molecule has 0 aliphatic heterocycles. The van der Waals surface area contributed by atoms with Crippen LogP contribution in [0.25, 0.3) is 0 Å². The SMILES string of the molecule is C1=CCC=C1.C1=CCC=C1.[Mg]. The molecule has 0 spiro atoms. The summed E-state index contributed by atoms with van der Waals surface area (Å²) in [6.45, 7) is 0. The Balaban J connectivity index is 0.000000167. The normalized spacial score (nSPS) is 16.0. The molecule has 1 heteroatoms. The highest BCUT2D eigenvalue weighted by Crippen LogP contribution is 1.93. The minimum Gasteiger partial charge on any atom is -0.0808 e. The van der Waals surface area contributed by atoms with Crippen LogP contribution in [0.3, 0.4) is 0 Å². The van der Waals surface area contributed by atoms with Crippen LogP contribution in [0.15, 0.2) is 48.6 Å². The van der Waals surface area contributed by atoms with Gasteiger partial charge in [0, 0.05) is 23.1 Å². The average Bonchev–Trinajstić information content (AvgIpc) is 2.67. The first-order chi connectivity index (χ1) is 5.00. The molecule has 0 nitrogen and oxygen atoms in total. The van der Waals surface area contributed by atoms with E-state index in [1.165, 1.54) is 0 Å². The number of hydrogen-bond acceptors (Lipinski definition) is 0. The number of allylic oxidation sites excluding steroid dienone is 8. The van der Waals surface area contributed by atoms with Gasteiger partial charge in [0.1, 0.15) is 0 Å². The lowest BCUT2D eigenvalue weighted by atomic mass is 10.5. The molecule has 11 heavy (non-hydrogen) atoms. The minimum atomic E-state index is 0. The Morgan fingerprint density at radius 2 is 0.818 bits per heavy atom. The summed E-state index contributed by atoms with van der Waals surface area (Å²) in [5, 5.41) is 0.